The molecule has 21 heavy (non-hydrogen) atoms. The summed E-state index contributed by atoms with van der Waals surface area (Å²) < 4.78 is 32.3. The van der Waals surface area contributed by atoms with E-state index in [0.29, 0.717) is 21.8 Å². The summed E-state index contributed by atoms with van der Waals surface area (Å²) in [4.78, 5) is 4.05. The normalized spacial score (nSPS) is 11.7. The van der Waals surface area contributed by atoms with Crippen LogP contribution in [-0.2, 0) is 10.0 Å². The van der Waals surface area contributed by atoms with Crippen molar-refractivity contribution in [2.75, 3.05) is 4.72 Å². The molecule has 0 bridgehead atoms. The van der Waals surface area contributed by atoms with Gasteiger partial charge in [-0.1, -0.05) is 17.7 Å². The van der Waals surface area contributed by atoms with Gasteiger partial charge in [-0.15, -0.1) is 0 Å². The molecular weight excluding hydrogens is 312 g/mol. The molecule has 0 aliphatic heterocycles. The zero-order chi connectivity index (χ0) is 15.0. The molecule has 1 N–H and O–H groups in total. The van der Waals surface area contributed by atoms with Gasteiger partial charge in [-0.3, -0.25) is 4.72 Å². The maximum absolute atomic E-state index is 12.3. The molecule has 1 aromatic heterocycles. The number of hydrogen-bond donors (Lipinski definition) is 1. The molecular formula is C14H11ClN2O3S. The molecule has 0 saturated heterocycles. The number of benzene rings is 2. The maximum atomic E-state index is 12.3. The lowest BCUT2D eigenvalue weighted by molar-refractivity contribution is 0.594. The van der Waals surface area contributed by atoms with Crippen LogP contribution < -0.4 is 4.72 Å². The smallest absolute Gasteiger partial charge is 0.262 e. The molecule has 0 aliphatic rings. The molecule has 108 valence electrons. The molecule has 0 radical (unpaired) electrons. The third kappa shape index (κ3) is 2.72. The van der Waals surface area contributed by atoms with Crippen LogP contribution in [-0.4, -0.2) is 13.4 Å². The molecule has 0 spiro atoms. The minimum atomic E-state index is -3.71. The highest BCUT2D eigenvalue weighted by Gasteiger charge is 2.16. The Hall–Kier alpha value is -2.05. The van der Waals surface area contributed by atoms with E-state index in [4.69, 9.17) is 16.0 Å². The molecule has 0 aliphatic carbocycles. The molecule has 7 heteroatoms. The molecule has 0 saturated carbocycles. The Labute approximate surface area is 126 Å². The SMILES string of the molecule is Cc1ccc(NS(=O)(=O)c2ccc3ncoc3c2)cc1Cl. The van der Waals surface area contributed by atoms with Crippen molar-refractivity contribution in [1.82, 2.24) is 4.98 Å². The van der Waals surface area contributed by atoms with Crippen molar-refractivity contribution in [3.63, 3.8) is 0 Å². The number of hydrogen-bond acceptors (Lipinski definition) is 4. The molecule has 3 aromatic rings. The van der Waals surface area contributed by atoms with Crippen LogP contribution in [0.25, 0.3) is 11.1 Å². The number of aromatic nitrogens is 1. The van der Waals surface area contributed by atoms with Crippen molar-refractivity contribution in [2.45, 2.75) is 11.8 Å². The lowest BCUT2D eigenvalue weighted by Gasteiger charge is -2.09. The summed E-state index contributed by atoms with van der Waals surface area (Å²) in [5.41, 5.74) is 2.30. The van der Waals surface area contributed by atoms with Gasteiger partial charge in [0.25, 0.3) is 10.0 Å². The monoisotopic (exact) mass is 322 g/mol. The van der Waals surface area contributed by atoms with E-state index in [1.807, 2.05) is 6.92 Å². The van der Waals surface area contributed by atoms with Crippen LogP contribution in [0, 0.1) is 6.92 Å². The number of oxazole rings is 1. The summed E-state index contributed by atoms with van der Waals surface area (Å²) in [6, 6.07) is 9.48. The van der Waals surface area contributed by atoms with Crippen LogP contribution in [0.15, 0.2) is 52.1 Å². The minimum Gasteiger partial charge on any atom is -0.443 e. The number of nitrogens with one attached hydrogen (secondary N) is 1. The summed E-state index contributed by atoms with van der Waals surface area (Å²) in [6.45, 7) is 1.85. The number of nitrogens with zero attached hydrogens (tertiary/aromatic N) is 1. The topological polar surface area (TPSA) is 72.2 Å². The molecule has 0 atom stereocenters. The van der Waals surface area contributed by atoms with E-state index < -0.39 is 10.0 Å². The quantitative estimate of drug-likeness (QED) is 0.799. The van der Waals surface area contributed by atoms with Crippen LogP contribution in [0.1, 0.15) is 5.56 Å². The molecule has 3 rings (SSSR count). The van der Waals surface area contributed by atoms with Gasteiger partial charge in [0, 0.05) is 11.1 Å². The van der Waals surface area contributed by atoms with Gasteiger partial charge < -0.3 is 4.42 Å². The third-order valence-corrected chi connectivity index (χ3v) is 4.82. The number of anilines is 1. The lowest BCUT2D eigenvalue weighted by atomic mass is 10.2. The Morgan fingerprint density at radius 3 is 2.76 bits per heavy atom. The summed E-state index contributed by atoms with van der Waals surface area (Å²) >= 11 is 5.99. The van der Waals surface area contributed by atoms with Gasteiger partial charge in [-0.25, -0.2) is 13.4 Å². The van der Waals surface area contributed by atoms with Gasteiger partial charge in [-0.2, -0.15) is 0 Å². The first-order valence-electron chi connectivity index (χ1n) is 6.08. The molecule has 2 aromatic carbocycles. The van der Waals surface area contributed by atoms with E-state index in [1.54, 1.807) is 24.3 Å². The molecule has 0 unspecified atom stereocenters. The number of fused-ring (bicyclic) bond motifs is 1. The Kier molecular flexibility index (Phi) is 3.35. The van der Waals surface area contributed by atoms with Crippen molar-refractivity contribution < 1.29 is 12.8 Å². The Balaban J connectivity index is 1.97. The predicted molar refractivity (Wildman–Crippen MR) is 81.0 cm³/mol. The zero-order valence-corrected chi connectivity index (χ0v) is 12.6. The highest BCUT2D eigenvalue weighted by molar-refractivity contribution is 7.92. The van der Waals surface area contributed by atoms with Crippen LogP contribution in [0.5, 0.6) is 0 Å². The third-order valence-electron chi connectivity index (χ3n) is 3.04. The van der Waals surface area contributed by atoms with Gasteiger partial charge >= 0.3 is 0 Å². The van der Waals surface area contributed by atoms with Crippen molar-refractivity contribution in [1.29, 1.82) is 0 Å². The van der Waals surface area contributed by atoms with Crippen LogP contribution >= 0.6 is 11.6 Å². The minimum absolute atomic E-state index is 0.100. The van der Waals surface area contributed by atoms with Crippen LogP contribution in [0.3, 0.4) is 0 Å². The van der Waals surface area contributed by atoms with Crippen molar-refractivity contribution in [3.05, 3.63) is 53.4 Å². The second kappa shape index (κ2) is 5.05. The van der Waals surface area contributed by atoms with Crippen molar-refractivity contribution >= 4 is 38.4 Å². The predicted octanol–water partition coefficient (Wildman–Crippen LogP) is 3.59. The van der Waals surface area contributed by atoms with E-state index in [-0.39, 0.29) is 4.90 Å². The van der Waals surface area contributed by atoms with E-state index in [0.717, 1.165) is 5.56 Å². The average molecular weight is 323 g/mol. The van der Waals surface area contributed by atoms with Crippen LogP contribution in [0.2, 0.25) is 5.02 Å². The highest BCUT2D eigenvalue weighted by Crippen LogP contribution is 2.24. The van der Waals surface area contributed by atoms with Gasteiger partial charge in [0.1, 0.15) is 5.52 Å². The maximum Gasteiger partial charge on any atom is 0.262 e. The van der Waals surface area contributed by atoms with Crippen LogP contribution in [0.4, 0.5) is 5.69 Å². The summed E-state index contributed by atoms with van der Waals surface area (Å²) in [5.74, 6) is 0. The number of aryl methyl sites for hydroxylation is 1. The Morgan fingerprint density at radius 1 is 1.19 bits per heavy atom. The average Bonchev–Trinajstić information content (AvgIpc) is 2.90. The van der Waals surface area contributed by atoms with E-state index in [1.165, 1.54) is 18.5 Å². The summed E-state index contributed by atoms with van der Waals surface area (Å²) in [5, 5.41) is 0.501. The van der Waals surface area contributed by atoms with Gasteiger partial charge in [0.15, 0.2) is 12.0 Å². The van der Waals surface area contributed by atoms with Gasteiger partial charge in [-0.05, 0) is 36.8 Å². The first kappa shape index (κ1) is 13.9. The first-order valence-corrected chi connectivity index (χ1v) is 7.94. The van der Waals surface area contributed by atoms with E-state index in [2.05, 4.69) is 9.71 Å². The van der Waals surface area contributed by atoms with E-state index >= 15 is 0 Å². The molecule has 1 heterocycles. The highest BCUT2D eigenvalue weighted by atomic mass is 35.5. The van der Waals surface area contributed by atoms with Crippen molar-refractivity contribution in [3.8, 4) is 0 Å². The first-order chi connectivity index (χ1) is 9.95. The molecule has 0 amide bonds. The number of sulfonamides is 1. The fourth-order valence-corrected chi connectivity index (χ4v) is 3.12. The second-order valence-electron chi connectivity index (χ2n) is 4.55. The second-order valence-corrected chi connectivity index (χ2v) is 6.64. The van der Waals surface area contributed by atoms with E-state index in [9.17, 15) is 8.42 Å². The fourth-order valence-electron chi connectivity index (χ4n) is 1.87. The Bertz CT molecular complexity index is 919. The molecule has 0 fully saturated rings. The lowest BCUT2D eigenvalue weighted by Crippen LogP contribution is -2.12. The number of rotatable bonds is 3. The summed E-state index contributed by atoms with van der Waals surface area (Å²) in [7, 11) is -3.71. The molecule has 5 nitrogen and oxygen atoms in total. The van der Waals surface area contributed by atoms with Gasteiger partial charge in [0.2, 0.25) is 0 Å². The largest absolute Gasteiger partial charge is 0.443 e. The summed E-state index contributed by atoms with van der Waals surface area (Å²) in [6.07, 6.45) is 1.27. The zero-order valence-electron chi connectivity index (χ0n) is 11.0. The van der Waals surface area contributed by atoms with Gasteiger partial charge in [0.05, 0.1) is 10.6 Å². The standard InChI is InChI=1S/C14H11ClN2O3S/c1-9-2-3-10(6-12(9)15)17-21(18,19)11-4-5-13-14(7-11)20-8-16-13/h2-8,17H,1H3. The fraction of sp³-hybridized carbons (Fsp3) is 0.0714. The van der Waals surface area contributed by atoms with Crippen molar-refractivity contribution in [2.24, 2.45) is 0 Å². The Morgan fingerprint density at radius 2 is 2.00 bits per heavy atom. The number of halogens is 1.